The van der Waals surface area contributed by atoms with Crippen molar-refractivity contribution in [2.75, 3.05) is 0 Å². The molecule has 1 atom stereocenters. The first-order chi connectivity index (χ1) is 12.1. The number of carbonyl (C=O) groups excluding carboxylic acids is 1. The smallest absolute Gasteiger partial charge is 0.251 e. The van der Waals surface area contributed by atoms with Crippen molar-refractivity contribution in [3.8, 4) is 5.69 Å². The third kappa shape index (κ3) is 2.97. The van der Waals surface area contributed by atoms with Crippen LogP contribution in [0.5, 0.6) is 0 Å². The number of aryl methyl sites for hydroxylation is 3. The van der Waals surface area contributed by atoms with Crippen molar-refractivity contribution >= 4 is 5.91 Å². The van der Waals surface area contributed by atoms with Crippen LogP contribution in [0.25, 0.3) is 5.69 Å². The normalized spacial score (nSPS) is 16.5. The highest BCUT2D eigenvalue weighted by atomic mass is 16.3. The van der Waals surface area contributed by atoms with E-state index in [1.807, 2.05) is 54.9 Å². The Kier molecular flexibility index (Phi) is 3.92. The first-order valence-corrected chi connectivity index (χ1v) is 8.62. The van der Waals surface area contributed by atoms with Crippen LogP contribution in [-0.4, -0.2) is 15.7 Å². The minimum atomic E-state index is -0.0565. The molecule has 0 saturated heterocycles. The molecule has 0 saturated carbocycles. The van der Waals surface area contributed by atoms with Gasteiger partial charge in [-0.2, -0.15) is 5.10 Å². The zero-order valence-electron chi connectivity index (χ0n) is 14.5. The highest BCUT2D eigenvalue weighted by molar-refractivity contribution is 5.94. The number of nitrogens with zero attached hydrogens (tertiary/aromatic N) is 2. The summed E-state index contributed by atoms with van der Waals surface area (Å²) in [5.41, 5.74) is 4.77. The Hall–Kier alpha value is -2.82. The van der Waals surface area contributed by atoms with Gasteiger partial charge in [-0.1, -0.05) is 0 Å². The van der Waals surface area contributed by atoms with Crippen LogP contribution in [0.4, 0.5) is 0 Å². The van der Waals surface area contributed by atoms with Gasteiger partial charge in [-0.25, -0.2) is 4.68 Å². The molecule has 1 aromatic carbocycles. The SMILES string of the molecule is Cc1cc(C)n(-c2ccc(C(=O)NC3CCCc4occc43)cc2)n1. The lowest BCUT2D eigenvalue weighted by Crippen LogP contribution is -2.30. The lowest BCUT2D eigenvalue weighted by Gasteiger charge is -2.22. The molecule has 25 heavy (non-hydrogen) atoms. The molecule has 5 heteroatoms. The van der Waals surface area contributed by atoms with Gasteiger partial charge in [0.15, 0.2) is 0 Å². The number of furan rings is 1. The quantitative estimate of drug-likeness (QED) is 0.790. The molecule has 128 valence electrons. The number of hydrogen-bond donors (Lipinski definition) is 1. The monoisotopic (exact) mass is 335 g/mol. The summed E-state index contributed by atoms with van der Waals surface area (Å²) in [6.45, 7) is 3.99. The largest absolute Gasteiger partial charge is 0.469 e. The third-order valence-electron chi connectivity index (χ3n) is 4.74. The van der Waals surface area contributed by atoms with E-state index in [-0.39, 0.29) is 11.9 Å². The van der Waals surface area contributed by atoms with Gasteiger partial charge in [-0.05, 0) is 63.1 Å². The lowest BCUT2D eigenvalue weighted by molar-refractivity contribution is 0.0932. The molecule has 0 bridgehead atoms. The average Bonchev–Trinajstić information content (AvgIpc) is 3.21. The predicted molar refractivity (Wildman–Crippen MR) is 94.9 cm³/mol. The van der Waals surface area contributed by atoms with Crippen molar-refractivity contribution in [3.63, 3.8) is 0 Å². The molecule has 1 amide bonds. The average molecular weight is 335 g/mol. The first-order valence-electron chi connectivity index (χ1n) is 8.62. The van der Waals surface area contributed by atoms with Gasteiger partial charge >= 0.3 is 0 Å². The van der Waals surface area contributed by atoms with Crippen LogP contribution in [-0.2, 0) is 6.42 Å². The summed E-state index contributed by atoms with van der Waals surface area (Å²) < 4.78 is 7.38. The lowest BCUT2D eigenvalue weighted by atomic mass is 9.93. The molecule has 2 aromatic heterocycles. The molecular weight excluding hydrogens is 314 g/mol. The maximum atomic E-state index is 12.6. The van der Waals surface area contributed by atoms with E-state index in [4.69, 9.17) is 4.42 Å². The van der Waals surface area contributed by atoms with Gasteiger partial charge in [0.25, 0.3) is 5.91 Å². The van der Waals surface area contributed by atoms with E-state index < -0.39 is 0 Å². The molecule has 5 nitrogen and oxygen atoms in total. The van der Waals surface area contributed by atoms with Crippen LogP contribution in [0, 0.1) is 13.8 Å². The Morgan fingerprint density at radius 2 is 2.04 bits per heavy atom. The number of amides is 1. The highest BCUT2D eigenvalue weighted by Crippen LogP contribution is 2.30. The predicted octanol–water partition coefficient (Wildman–Crippen LogP) is 3.89. The summed E-state index contributed by atoms with van der Waals surface area (Å²) in [5, 5.41) is 7.60. The van der Waals surface area contributed by atoms with E-state index in [1.165, 1.54) is 0 Å². The fraction of sp³-hybridized carbons (Fsp3) is 0.300. The molecule has 0 spiro atoms. The first kappa shape index (κ1) is 15.7. The minimum absolute atomic E-state index is 0.0330. The molecule has 1 N–H and O–H groups in total. The Morgan fingerprint density at radius 3 is 2.76 bits per heavy atom. The molecule has 4 rings (SSSR count). The molecule has 1 aliphatic carbocycles. The minimum Gasteiger partial charge on any atom is -0.469 e. The standard InChI is InChI=1S/C20H21N3O2/c1-13-12-14(2)23(22-13)16-8-6-15(7-9-16)20(24)21-18-4-3-5-19-17(18)10-11-25-19/h6-12,18H,3-5H2,1-2H3,(H,21,24). The van der Waals surface area contributed by atoms with E-state index >= 15 is 0 Å². The molecule has 0 aliphatic heterocycles. The van der Waals surface area contributed by atoms with E-state index in [2.05, 4.69) is 10.4 Å². The van der Waals surface area contributed by atoms with Crippen molar-refractivity contribution in [1.29, 1.82) is 0 Å². The van der Waals surface area contributed by atoms with Gasteiger partial charge in [0.05, 0.1) is 23.7 Å². The molecule has 2 heterocycles. The van der Waals surface area contributed by atoms with Gasteiger partial charge in [0, 0.05) is 23.2 Å². The summed E-state index contributed by atoms with van der Waals surface area (Å²) in [7, 11) is 0. The maximum absolute atomic E-state index is 12.6. The number of aromatic nitrogens is 2. The van der Waals surface area contributed by atoms with Crippen molar-refractivity contribution in [2.24, 2.45) is 0 Å². The Labute approximate surface area is 146 Å². The second-order valence-electron chi connectivity index (χ2n) is 6.60. The zero-order chi connectivity index (χ0) is 17.4. The van der Waals surface area contributed by atoms with Crippen LogP contribution in [0.2, 0.25) is 0 Å². The molecule has 3 aromatic rings. The Bertz CT molecular complexity index is 905. The van der Waals surface area contributed by atoms with Crippen LogP contribution < -0.4 is 5.32 Å². The molecule has 1 aliphatic rings. The molecular formula is C20H21N3O2. The Balaban J connectivity index is 1.51. The maximum Gasteiger partial charge on any atom is 0.251 e. The number of nitrogens with one attached hydrogen (secondary N) is 1. The van der Waals surface area contributed by atoms with Crippen LogP contribution >= 0.6 is 0 Å². The molecule has 0 radical (unpaired) electrons. The highest BCUT2D eigenvalue weighted by Gasteiger charge is 2.24. The second kappa shape index (κ2) is 6.24. The number of benzene rings is 1. The summed E-state index contributed by atoms with van der Waals surface area (Å²) >= 11 is 0. The fourth-order valence-corrected chi connectivity index (χ4v) is 3.52. The topological polar surface area (TPSA) is 60.1 Å². The van der Waals surface area contributed by atoms with Gasteiger partial charge < -0.3 is 9.73 Å². The molecule has 1 unspecified atom stereocenters. The van der Waals surface area contributed by atoms with Crippen LogP contribution in [0.3, 0.4) is 0 Å². The number of rotatable bonds is 3. The summed E-state index contributed by atoms with van der Waals surface area (Å²) in [6, 6.07) is 11.6. The van der Waals surface area contributed by atoms with E-state index in [9.17, 15) is 4.79 Å². The molecule has 0 fully saturated rings. The summed E-state index contributed by atoms with van der Waals surface area (Å²) in [6.07, 6.45) is 4.63. The van der Waals surface area contributed by atoms with E-state index in [0.717, 1.165) is 47.7 Å². The van der Waals surface area contributed by atoms with Crippen molar-refractivity contribution < 1.29 is 9.21 Å². The number of hydrogen-bond acceptors (Lipinski definition) is 3. The number of carbonyl (C=O) groups is 1. The van der Waals surface area contributed by atoms with Crippen molar-refractivity contribution in [3.05, 3.63) is 70.9 Å². The summed E-state index contributed by atoms with van der Waals surface area (Å²) in [4.78, 5) is 12.6. The van der Waals surface area contributed by atoms with Gasteiger partial charge in [0.1, 0.15) is 5.76 Å². The van der Waals surface area contributed by atoms with Crippen molar-refractivity contribution in [1.82, 2.24) is 15.1 Å². The van der Waals surface area contributed by atoms with Crippen LogP contribution in [0.1, 0.15) is 52.0 Å². The van der Waals surface area contributed by atoms with E-state index in [0.29, 0.717) is 5.56 Å². The van der Waals surface area contributed by atoms with Gasteiger partial charge in [-0.3, -0.25) is 4.79 Å². The van der Waals surface area contributed by atoms with Gasteiger partial charge in [-0.15, -0.1) is 0 Å². The fourth-order valence-electron chi connectivity index (χ4n) is 3.52. The van der Waals surface area contributed by atoms with Gasteiger partial charge in [0.2, 0.25) is 0 Å². The summed E-state index contributed by atoms with van der Waals surface area (Å²) in [5.74, 6) is 0.940. The number of fused-ring (bicyclic) bond motifs is 1. The zero-order valence-corrected chi connectivity index (χ0v) is 14.5. The van der Waals surface area contributed by atoms with E-state index in [1.54, 1.807) is 6.26 Å². The van der Waals surface area contributed by atoms with Crippen molar-refractivity contribution in [2.45, 2.75) is 39.2 Å². The van der Waals surface area contributed by atoms with Crippen LogP contribution in [0.15, 0.2) is 47.1 Å². The second-order valence-corrected chi connectivity index (χ2v) is 6.60. The Morgan fingerprint density at radius 1 is 1.24 bits per heavy atom. The third-order valence-corrected chi connectivity index (χ3v) is 4.74.